The SMILES string of the molecule is COc1cccc(NC(=O)c2ccc(N3C(=O)[C@@H]4[C@@H](C)C=CC[C@H]4C3=O)cc2)c1. The fraction of sp³-hybridized carbons (Fsp3) is 0.261. The molecule has 3 amide bonds. The Hall–Kier alpha value is -3.41. The smallest absolute Gasteiger partial charge is 0.255 e. The van der Waals surface area contributed by atoms with E-state index in [0.717, 1.165) is 0 Å². The van der Waals surface area contributed by atoms with Crippen LogP contribution < -0.4 is 15.0 Å². The van der Waals surface area contributed by atoms with Crippen LogP contribution in [0, 0.1) is 17.8 Å². The number of carbonyl (C=O) groups is 3. The van der Waals surface area contributed by atoms with Crippen LogP contribution in [0.5, 0.6) is 5.75 Å². The fourth-order valence-electron chi connectivity index (χ4n) is 4.07. The zero-order chi connectivity index (χ0) is 20.5. The molecule has 0 radical (unpaired) electrons. The molecule has 0 aromatic heterocycles. The maximum Gasteiger partial charge on any atom is 0.255 e. The van der Waals surface area contributed by atoms with E-state index in [1.165, 1.54) is 4.90 Å². The number of methoxy groups -OCH3 is 1. The molecule has 1 N–H and O–H groups in total. The number of hydrogen-bond acceptors (Lipinski definition) is 4. The van der Waals surface area contributed by atoms with Gasteiger partial charge in [0.1, 0.15) is 5.75 Å². The van der Waals surface area contributed by atoms with Crippen molar-refractivity contribution in [2.45, 2.75) is 13.3 Å². The number of nitrogens with one attached hydrogen (secondary N) is 1. The first-order valence-corrected chi connectivity index (χ1v) is 9.59. The number of carbonyl (C=O) groups excluding carboxylic acids is 3. The van der Waals surface area contributed by atoms with E-state index in [4.69, 9.17) is 4.74 Å². The van der Waals surface area contributed by atoms with Crippen molar-refractivity contribution in [1.29, 1.82) is 0 Å². The second kappa shape index (κ2) is 7.54. The summed E-state index contributed by atoms with van der Waals surface area (Å²) in [6.45, 7) is 1.97. The molecule has 0 saturated carbocycles. The van der Waals surface area contributed by atoms with E-state index >= 15 is 0 Å². The number of amides is 3. The van der Waals surface area contributed by atoms with Crippen molar-refractivity contribution in [3.05, 3.63) is 66.2 Å². The van der Waals surface area contributed by atoms with Gasteiger partial charge in [-0.2, -0.15) is 0 Å². The van der Waals surface area contributed by atoms with Gasteiger partial charge in [-0.15, -0.1) is 0 Å². The molecule has 0 spiro atoms. The van der Waals surface area contributed by atoms with Crippen LogP contribution in [-0.2, 0) is 9.59 Å². The van der Waals surface area contributed by atoms with E-state index in [0.29, 0.717) is 29.1 Å². The number of fused-ring (bicyclic) bond motifs is 1. The summed E-state index contributed by atoms with van der Waals surface area (Å²) in [7, 11) is 1.56. The first kappa shape index (κ1) is 18.9. The topological polar surface area (TPSA) is 75.7 Å². The second-order valence-corrected chi connectivity index (χ2v) is 7.40. The highest BCUT2D eigenvalue weighted by molar-refractivity contribution is 6.22. The van der Waals surface area contributed by atoms with Crippen molar-refractivity contribution < 1.29 is 19.1 Å². The maximum atomic E-state index is 12.9. The van der Waals surface area contributed by atoms with Crippen molar-refractivity contribution in [2.75, 3.05) is 17.3 Å². The molecule has 1 heterocycles. The summed E-state index contributed by atoms with van der Waals surface area (Å²) in [6, 6.07) is 13.6. The summed E-state index contributed by atoms with van der Waals surface area (Å²) >= 11 is 0. The minimum atomic E-state index is -0.302. The predicted molar refractivity (Wildman–Crippen MR) is 110 cm³/mol. The van der Waals surface area contributed by atoms with E-state index in [1.807, 2.05) is 19.1 Å². The highest BCUT2D eigenvalue weighted by Gasteiger charge is 2.50. The molecule has 6 heteroatoms. The van der Waals surface area contributed by atoms with Gasteiger partial charge in [-0.05, 0) is 48.7 Å². The molecule has 2 aromatic rings. The summed E-state index contributed by atoms with van der Waals surface area (Å²) in [5.74, 6) is -0.509. The zero-order valence-corrected chi connectivity index (χ0v) is 16.3. The van der Waals surface area contributed by atoms with Crippen molar-refractivity contribution in [2.24, 2.45) is 17.8 Å². The minimum absolute atomic E-state index is 0.0446. The standard InChI is InChI=1S/C23H22N2O4/c1-14-5-3-8-19-20(14)23(28)25(22(19)27)17-11-9-15(10-12-17)21(26)24-16-6-4-7-18(13-16)29-2/h3-7,9-14,19-20H,8H2,1-2H3,(H,24,26)/t14-,19+,20+/m0/s1. The van der Waals surface area contributed by atoms with Crippen LogP contribution in [0.4, 0.5) is 11.4 Å². The Labute approximate surface area is 169 Å². The lowest BCUT2D eigenvalue weighted by Crippen LogP contribution is -2.31. The summed E-state index contributed by atoms with van der Waals surface area (Å²) in [4.78, 5) is 39.4. The normalized spacial score (nSPS) is 23.1. The predicted octanol–water partition coefficient (Wildman–Crippen LogP) is 3.65. The van der Waals surface area contributed by atoms with Gasteiger partial charge in [-0.1, -0.05) is 25.1 Å². The van der Waals surface area contributed by atoms with E-state index in [2.05, 4.69) is 5.32 Å². The Bertz CT molecular complexity index is 996. The number of imide groups is 1. The van der Waals surface area contributed by atoms with Crippen molar-refractivity contribution in [1.82, 2.24) is 0 Å². The number of anilines is 2. The summed E-state index contributed by atoms with van der Waals surface area (Å²) < 4.78 is 5.16. The third-order valence-electron chi connectivity index (χ3n) is 5.59. The molecule has 0 unspecified atom stereocenters. The highest BCUT2D eigenvalue weighted by Crippen LogP contribution is 2.40. The molecular weight excluding hydrogens is 368 g/mol. The van der Waals surface area contributed by atoms with Gasteiger partial charge in [0.15, 0.2) is 0 Å². The molecule has 1 saturated heterocycles. The van der Waals surface area contributed by atoms with Gasteiger partial charge in [0.25, 0.3) is 5.91 Å². The molecule has 6 nitrogen and oxygen atoms in total. The lowest BCUT2D eigenvalue weighted by atomic mass is 9.78. The lowest BCUT2D eigenvalue weighted by Gasteiger charge is -2.22. The molecule has 1 aliphatic heterocycles. The van der Waals surface area contributed by atoms with Crippen LogP contribution in [0.15, 0.2) is 60.7 Å². The van der Waals surface area contributed by atoms with Gasteiger partial charge in [-0.25, -0.2) is 0 Å². The monoisotopic (exact) mass is 390 g/mol. The summed E-state index contributed by atoms with van der Waals surface area (Å²) in [5, 5.41) is 2.81. The van der Waals surface area contributed by atoms with Crippen LogP contribution >= 0.6 is 0 Å². The van der Waals surface area contributed by atoms with Crippen molar-refractivity contribution >= 4 is 29.1 Å². The fourth-order valence-corrected chi connectivity index (χ4v) is 4.07. The number of allylic oxidation sites excluding steroid dienone is 2. The Kier molecular flexibility index (Phi) is 4.92. The van der Waals surface area contributed by atoms with Gasteiger partial charge >= 0.3 is 0 Å². The van der Waals surface area contributed by atoms with E-state index < -0.39 is 0 Å². The van der Waals surface area contributed by atoms with E-state index in [9.17, 15) is 14.4 Å². The molecular formula is C23H22N2O4. The zero-order valence-electron chi connectivity index (χ0n) is 16.3. The largest absolute Gasteiger partial charge is 0.497 e. The molecule has 148 valence electrons. The second-order valence-electron chi connectivity index (χ2n) is 7.40. The van der Waals surface area contributed by atoms with Gasteiger partial charge in [0, 0.05) is 17.3 Å². The van der Waals surface area contributed by atoms with Gasteiger partial charge in [-0.3, -0.25) is 19.3 Å². The first-order chi connectivity index (χ1) is 14.0. The molecule has 3 atom stereocenters. The number of nitrogens with zero attached hydrogens (tertiary/aromatic N) is 1. The summed E-state index contributed by atoms with van der Waals surface area (Å²) in [5.41, 5.74) is 1.55. The third-order valence-corrected chi connectivity index (χ3v) is 5.59. The van der Waals surface area contributed by atoms with Crippen molar-refractivity contribution in [3.8, 4) is 5.75 Å². The molecule has 29 heavy (non-hydrogen) atoms. The van der Waals surface area contributed by atoms with Gasteiger partial charge in [0.2, 0.25) is 11.8 Å². The molecule has 2 aromatic carbocycles. The van der Waals surface area contributed by atoms with Crippen LogP contribution in [0.1, 0.15) is 23.7 Å². The Balaban J connectivity index is 1.51. The average Bonchev–Trinajstić information content (AvgIpc) is 2.99. The maximum absolute atomic E-state index is 12.9. The van der Waals surface area contributed by atoms with Crippen LogP contribution in [-0.4, -0.2) is 24.8 Å². The minimum Gasteiger partial charge on any atom is -0.497 e. The average molecular weight is 390 g/mol. The van der Waals surface area contributed by atoms with Crippen molar-refractivity contribution in [3.63, 3.8) is 0 Å². The quantitative estimate of drug-likeness (QED) is 0.639. The third kappa shape index (κ3) is 3.42. The number of ether oxygens (including phenoxy) is 1. The molecule has 4 rings (SSSR count). The van der Waals surface area contributed by atoms with Crippen LogP contribution in [0.2, 0.25) is 0 Å². The highest BCUT2D eigenvalue weighted by atomic mass is 16.5. The Morgan fingerprint density at radius 1 is 1.10 bits per heavy atom. The number of benzene rings is 2. The lowest BCUT2D eigenvalue weighted by molar-refractivity contribution is -0.122. The first-order valence-electron chi connectivity index (χ1n) is 9.59. The molecule has 1 fully saturated rings. The summed E-state index contributed by atoms with van der Waals surface area (Å²) in [6.07, 6.45) is 4.57. The van der Waals surface area contributed by atoms with Crippen LogP contribution in [0.25, 0.3) is 0 Å². The van der Waals surface area contributed by atoms with E-state index in [-0.39, 0.29) is 35.5 Å². The Morgan fingerprint density at radius 3 is 2.55 bits per heavy atom. The molecule has 0 bridgehead atoms. The van der Waals surface area contributed by atoms with E-state index in [1.54, 1.807) is 55.6 Å². The molecule has 2 aliphatic rings. The van der Waals surface area contributed by atoms with Gasteiger partial charge < -0.3 is 10.1 Å². The van der Waals surface area contributed by atoms with Gasteiger partial charge in [0.05, 0.1) is 24.6 Å². The van der Waals surface area contributed by atoms with Crippen LogP contribution in [0.3, 0.4) is 0 Å². The number of rotatable bonds is 4. The molecule has 1 aliphatic carbocycles. The Morgan fingerprint density at radius 2 is 1.86 bits per heavy atom. The number of hydrogen-bond donors (Lipinski definition) is 1.